The number of nitrogen functional groups attached to an aromatic ring is 1. The van der Waals surface area contributed by atoms with E-state index in [9.17, 15) is 4.39 Å². The predicted octanol–water partition coefficient (Wildman–Crippen LogP) is 3.24. The van der Waals surface area contributed by atoms with E-state index in [0.29, 0.717) is 0 Å². The second-order valence-electron chi connectivity index (χ2n) is 5.38. The molecule has 0 bridgehead atoms. The minimum Gasteiger partial charge on any atom is -0.368 e. The predicted molar refractivity (Wildman–Crippen MR) is 74.8 cm³/mol. The van der Waals surface area contributed by atoms with Crippen LogP contribution in [0.5, 0.6) is 0 Å². The van der Waals surface area contributed by atoms with Crippen LogP contribution >= 0.6 is 0 Å². The number of nitrogens with two attached hydrogens (primary N) is 1. The van der Waals surface area contributed by atoms with E-state index in [1.807, 2.05) is 24.3 Å². The van der Waals surface area contributed by atoms with Crippen LogP contribution in [0.4, 0.5) is 21.8 Å². The molecule has 2 rings (SSSR count). The number of hydrogen-bond donors (Lipinski definition) is 2. The highest BCUT2D eigenvalue weighted by Crippen LogP contribution is 2.25. The van der Waals surface area contributed by atoms with Crippen molar-refractivity contribution in [2.24, 2.45) is 0 Å². The number of nitrogens with zero attached hydrogens (tertiary/aromatic N) is 2. The Balaban J connectivity index is 2.22. The van der Waals surface area contributed by atoms with Gasteiger partial charge in [0.15, 0.2) is 11.6 Å². The van der Waals surface area contributed by atoms with Crippen LogP contribution < -0.4 is 11.1 Å². The Bertz CT molecular complexity index is 573. The Labute approximate surface area is 111 Å². The van der Waals surface area contributed by atoms with E-state index in [4.69, 9.17) is 5.73 Å². The molecule has 4 nitrogen and oxygen atoms in total. The molecule has 19 heavy (non-hydrogen) atoms. The fraction of sp³-hybridized carbons (Fsp3) is 0.286. The molecule has 0 aliphatic carbocycles. The maximum Gasteiger partial charge on any atom is 0.222 e. The lowest BCUT2D eigenvalue weighted by Crippen LogP contribution is -2.10. The van der Waals surface area contributed by atoms with Gasteiger partial charge in [0, 0.05) is 5.69 Å². The fourth-order valence-electron chi connectivity index (χ4n) is 1.66. The van der Waals surface area contributed by atoms with Crippen molar-refractivity contribution in [3.63, 3.8) is 0 Å². The van der Waals surface area contributed by atoms with Crippen LogP contribution in [0.2, 0.25) is 0 Å². The first kappa shape index (κ1) is 13.3. The summed E-state index contributed by atoms with van der Waals surface area (Å²) in [7, 11) is 0. The third kappa shape index (κ3) is 3.19. The van der Waals surface area contributed by atoms with Gasteiger partial charge in [-0.3, -0.25) is 0 Å². The van der Waals surface area contributed by atoms with E-state index in [0.717, 1.165) is 11.9 Å². The summed E-state index contributed by atoms with van der Waals surface area (Å²) in [6.07, 6.45) is 1.05. The lowest BCUT2D eigenvalue weighted by molar-refractivity contribution is 0.590. The van der Waals surface area contributed by atoms with Crippen molar-refractivity contribution in [2.45, 2.75) is 26.2 Å². The summed E-state index contributed by atoms with van der Waals surface area (Å²) in [5.74, 6) is -0.416. The molecule has 5 heteroatoms. The molecule has 100 valence electrons. The van der Waals surface area contributed by atoms with E-state index in [1.54, 1.807) is 0 Å². The van der Waals surface area contributed by atoms with Crippen molar-refractivity contribution in [3.05, 3.63) is 41.8 Å². The van der Waals surface area contributed by atoms with Crippen molar-refractivity contribution in [2.75, 3.05) is 11.1 Å². The zero-order valence-electron chi connectivity index (χ0n) is 11.2. The van der Waals surface area contributed by atoms with Crippen molar-refractivity contribution in [1.29, 1.82) is 0 Å². The van der Waals surface area contributed by atoms with Gasteiger partial charge in [-0.05, 0) is 23.1 Å². The molecule has 1 aromatic heterocycles. The Hall–Kier alpha value is -2.17. The lowest BCUT2D eigenvalue weighted by Gasteiger charge is -2.19. The molecule has 0 aliphatic heterocycles. The van der Waals surface area contributed by atoms with Crippen LogP contribution in [0.25, 0.3) is 0 Å². The van der Waals surface area contributed by atoms with Crippen molar-refractivity contribution in [1.82, 2.24) is 9.97 Å². The first-order valence-electron chi connectivity index (χ1n) is 6.02. The molecule has 0 fully saturated rings. The summed E-state index contributed by atoms with van der Waals surface area (Å²) in [6.45, 7) is 6.42. The van der Waals surface area contributed by atoms with Crippen LogP contribution in [0.15, 0.2) is 30.5 Å². The van der Waals surface area contributed by atoms with Crippen LogP contribution in [0.3, 0.4) is 0 Å². The molecule has 0 amide bonds. The number of nitrogens with one attached hydrogen (secondary N) is 1. The Morgan fingerprint density at radius 3 is 2.37 bits per heavy atom. The number of hydrogen-bond acceptors (Lipinski definition) is 4. The highest BCUT2D eigenvalue weighted by molar-refractivity contribution is 5.57. The summed E-state index contributed by atoms with van der Waals surface area (Å²) < 4.78 is 13.5. The summed E-state index contributed by atoms with van der Waals surface area (Å²) in [5, 5.41) is 2.89. The van der Waals surface area contributed by atoms with Gasteiger partial charge in [-0.15, -0.1) is 0 Å². The molecule has 1 heterocycles. The van der Waals surface area contributed by atoms with E-state index in [1.165, 1.54) is 5.56 Å². The largest absolute Gasteiger partial charge is 0.368 e. The van der Waals surface area contributed by atoms with Gasteiger partial charge in [-0.1, -0.05) is 32.9 Å². The normalized spacial score (nSPS) is 11.4. The molecule has 3 N–H and O–H groups in total. The second kappa shape index (κ2) is 4.84. The van der Waals surface area contributed by atoms with Crippen molar-refractivity contribution < 1.29 is 4.39 Å². The number of aromatic nitrogens is 2. The molecule has 0 atom stereocenters. The van der Waals surface area contributed by atoms with Gasteiger partial charge in [0.05, 0.1) is 6.20 Å². The highest BCUT2D eigenvalue weighted by atomic mass is 19.1. The highest BCUT2D eigenvalue weighted by Gasteiger charge is 2.13. The molecule has 0 unspecified atom stereocenters. The average Bonchev–Trinajstić information content (AvgIpc) is 2.33. The van der Waals surface area contributed by atoms with E-state index >= 15 is 0 Å². The van der Waals surface area contributed by atoms with Crippen molar-refractivity contribution in [3.8, 4) is 0 Å². The minimum absolute atomic E-state index is 0.0372. The molecule has 2 aromatic rings. The monoisotopic (exact) mass is 260 g/mol. The first-order chi connectivity index (χ1) is 8.86. The van der Waals surface area contributed by atoms with Crippen LogP contribution in [0, 0.1) is 5.82 Å². The second-order valence-corrected chi connectivity index (χ2v) is 5.38. The quantitative estimate of drug-likeness (QED) is 0.870. The fourth-order valence-corrected chi connectivity index (χ4v) is 1.66. The van der Waals surface area contributed by atoms with Gasteiger partial charge in [0.1, 0.15) is 0 Å². The molecule has 1 aromatic carbocycles. The average molecular weight is 260 g/mol. The first-order valence-corrected chi connectivity index (χ1v) is 6.02. The summed E-state index contributed by atoms with van der Waals surface area (Å²) in [6, 6.07) is 7.78. The van der Waals surface area contributed by atoms with Gasteiger partial charge in [-0.2, -0.15) is 4.98 Å². The Morgan fingerprint density at radius 1 is 1.16 bits per heavy atom. The zero-order chi connectivity index (χ0) is 14.0. The van der Waals surface area contributed by atoms with Gasteiger partial charge < -0.3 is 11.1 Å². The minimum atomic E-state index is -0.533. The van der Waals surface area contributed by atoms with Gasteiger partial charge in [0.25, 0.3) is 0 Å². The zero-order valence-corrected chi connectivity index (χ0v) is 11.2. The van der Waals surface area contributed by atoms with E-state index in [-0.39, 0.29) is 17.2 Å². The SMILES string of the molecule is CC(C)(C)c1ccc(Nc2nc(N)ncc2F)cc1. The van der Waals surface area contributed by atoms with Crippen LogP contribution in [-0.2, 0) is 5.41 Å². The molecule has 0 aliphatic rings. The molecular weight excluding hydrogens is 243 g/mol. The third-order valence-corrected chi connectivity index (χ3v) is 2.78. The summed E-state index contributed by atoms with van der Waals surface area (Å²) in [4.78, 5) is 7.40. The molecule has 0 saturated heterocycles. The van der Waals surface area contributed by atoms with Crippen molar-refractivity contribution >= 4 is 17.5 Å². The van der Waals surface area contributed by atoms with Gasteiger partial charge in [0.2, 0.25) is 5.95 Å². The van der Waals surface area contributed by atoms with Gasteiger partial charge >= 0.3 is 0 Å². The molecule has 0 radical (unpaired) electrons. The van der Waals surface area contributed by atoms with Gasteiger partial charge in [-0.25, -0.2) is 9.37 Å². The number of rotatable bonds is 2. The lowest BCUT2D eigenvalue weighted by atomic mass is 9.87. The van der Waals surface area contributed by atoms with Crippen LogP contribution in [-0.4, -0.2) is 9.97 Å². The van der Waals surface area contributed by atoms with E-state index < -0.39 is 5.82 Å². The topological polar surface area (TPSA) is 63.8 Å². The molecule has 0 saturated carbocycles. The number of benzene rings is 1. The Morgan fingerprint density at radius 2 is 1.79 bits per heavy atom. The maximum absolute atomic E-state index is 13.5. The molecule has 0 spiro atoms. The summed E-state index contributed by atoms with van der Waals surface area (Å²) >= 11 is 0. The smallest absolute Gasteiger partial charge is 0.222 e. The maximum atomic E-state index is 13.5. The number of anilines is 3. The standard InChI is InChI=1S/C14H17FN4/c1-14(2,3)9-4-6-10(7-5-9)18-12-11(15)8-17-13(16)19-12/h4-8H,1-3H3,(H3,16,17,18,19). The Kier molecular flexibility index (Phi) is 3.38. The van der Waals surface area contributed by atoms with E-state index in [2.05, 4.69) is 36.1 Å². The number of halogens is 1. The third-order valence-electron chi connectivity index (χ3n) is 2.78. The molecular formula is C14H17FN4. The van der Waals surface area contributed by atoms with Crippen LogP contribution in [0.1, 0.15) is 26.3 Å². The summed E-state index contributed by atoms with van der Waals surface area (Å²) in [5.41, 5.74) is 7.48.